The van der Waals surface area contributed by atoms with Crippen molar-refractivity contribution in [2.24, 2.45) is 11.7 Å². The van der Waals surface area contributed by atoms with Gasteiger partial charge >= 0.3 is 0 Å². The molecule has 5 nitrogen and oxygen atoms in total. The topological polar surface area (TPSA) is 72.6 Å². The van der Waals surface area contributed by atoms with Crippen LogP contribution in [-0.4, -0.2) is 39.5 Å². The molecule has 1 aromatic carbocycles. The Morgan fingerprint density at radius 1 is 1.50 bits per heavy atom. The van der Waals surface area contributed by atoms with E-state index in [9.17, 15) is 8.42 Å². The Balaban J connectivity index is 0.00000242. The molecule has 0 radical (unpaired) electrons. The summed E-state index contributed by atoms with van der Waals surface area (Å²) >= 11 is 9.28. The van der Waals surface area contributed by atoms with Crippen LogP contribution in [0, 0.1) is 5.92 Å². The molecule has 9 heteroatoms. The molecule has 0 saturated carbocycles. The number of halogens is 3. The van der Waals surface area contributed by atoms with Crippen LogP contribution in [0.25, 0.3) is 0 Å². The van der Waals surface area contributed by atoms with Crippen LogP contribution in [-0.2, 0) is 10.0 Å². The van der Waals surface area contributed by atoms with Gasteiger partial charge in [-0.1, -0.05) is 11.6 Å². The lowest BCUT2D eigenvalue weighted by Gasteiger charge is -2.31. The summed E-state index contributed by atoms with van der Waals surface area (Å²) in [4.78, 5) is 0.0852. The maximum Gasteiger partial charge on any atom is 0.246 e. The molecule has 0 aromatic heterocycles. The van der Waals surface area contributed by atoms with Crippen molar-refractivity contribution in [3.05, 3.63) is 21.6 Å². The summed E-state index contributed by atoms with van der Waals surface area (Å²) in [6.45, 7) is 1.42. The maximum atomic E-state index is 12.9. The Kier molecular flexibility index (Phi) is 7.42. The van der Waals surface area contributed by atoms with E-state index in [1.807, 2.05) is 0 Å². The van der Waals surface area contributed by atoms with Gasteiger partial charge in [0.15, 0.2) is 5.75 Å². The Morgan fingerprint density at radius 3 is 2.77 bits per heavy atom. The van der Waals surface area contributed by atoms with E-state index in [0.29, 0.717) is 29.1 Å². The molecular formula is C13H19BrCl2N2O3S. The molecular weight excluding hydrogens is 415 g/mol. The fraction of sp³-hybridized carbons (Fsp3) is 0.538. The van der Waals surface area contributed by atoms with Gasteiger partial charge in [0.25, 0.3) is 0 Å². The average molecular weight is 434 g/mol. The van der Waals surface area contributed by atoms with Gasteiger partial charge < -0.3 is 10.5 Å². The third kappa shape index (κ3) is 4.07. The monoisotopic (exact) mass is 432 g/mol. The normalized spacial score (nSPS) is 19.5. The number of nitrogens with two attached hydrogens (primary N) is 1. The molecule has 0 amide bonds. The minimum Gasteiger partial charge on any atom is -0.494 e. The second-order valence-corrected chi connectivity index (χ2v) is 8.22. The van der Waals surface area contributed by atoms with Crippen LogP contribution in [0.4, 0.5) is 0 Å². The van der Waals surface area contributed by atoms with Crippen LogP contribution in [0.2, 0.25) is 5.02 Å². The number of benzene rings is 1. The largest absolute Gasteiger partial charge is 0.494 e. The highest BCUT2D eigenvalue weighted by atomic mass is 79.9. The Morgan fingerprint density at radius 2 is 2.18 bits per heavy atom. The number of rotatable bonds is 4. The number of hydrogen-bond donors (Lipinski definition) is 1. The van der Waals surface area contributed by atoms with Gasteiger partial charge in [0, 0.05) is 18.1 Å². The van der Waals surface area contributed by atoms with E-state index in [-0.39, 0.29) is 29.0 Å². The molecule has 1 aliphatic rings. The van der Waals surface area contributed by atoms with Crippen LogP contribution < -0.4 is 10.5 Å². The molecule has 0 bridgehead atoms. The van der Waals surface area contributed by atoms with Crippen molar-refractivity contribution in [2.75, 3.05) is 26.7 Å². The zero-order valence-corrected chi connectivity index (χ0v) is 16.1. The zero-order chi connectivity index (χ0) is 15.6. The molecule has 1 saturated heterocycles. The van der Waals surface area contributed by atoms with E-state index in [2.05, 4.69) is 15.9 Å². The molecule has 0 spiro atoms. The fourth-order valence-corrected chi connectivity index (χ4v) is 5.43. The molecule has 0 aliphatic carbocycles. The van der Waals surface area contributed by atoms with Gasteiger partial charge in [-0.05, 0) is 53.4 Å². The average Bonchev–Trinajstić information content (AvgIpc) is 2.46. The minimum absolute atomic E-state index is 0. The van der Waals surface area contributed by atoms with E-state index in [1.54, 1.807) is 6.07 Å². The SMILES string of the molecule is COc1c(Br)cc(Cl)cc1S(=O)(=O)N1CCCC(CN)C1.Cl. The smallest absolute Gasteiger partial charge is 0.246 e. The number of sulfonamides is 1. The minimum atomic E-state index is -3.65. The molecule has 22 heavy (non-hydrogen) atoms. The van der Waals surface area contributed by atoms with E-state index in [4.69, 9.17) is 22.1 Å². The zero-order valence-electron chi connectivity index (χ0n) is 12.1. The number of methoxy groups -OCH3 is 1. The Hall–Kier alpha value is -0.0500. The predicted molar refractivity (Wildman–Crippen MR) is 93.5 cm³/mol. The van der Waals surface area contributed by atoms with Crippen molar-refractivity contribution < 1.29 is 13.2 Å². The van der Waals surface area contributed by atoms with Gasteiger partial charge in [0.05, 0.1) is 11.6 Å². The first kappa shape index (κ1) is 20.0. The Bertz CT molecular complexity index is 628. The molecule has 1 unspecified atom stereocenters. The number of piperidine rings is 1. The number of nitrogens with zero attached hydrogens (tertiary/aromatic N) is 1. The van der Waals surface area contributed by atoms with Crippen molar-refractivity contribution in [1.82, 2.24) is 4.31 Å². The molecule has 1 heterocycles. The molecule has 2 N–H and O–H groups in total. The third-order valence-electron chi connectivity index (χ3n) is 3.61. The van der Waals surface area contributed by atoms with Crippen molar-refractivity contribution in [3.8, 4) is 5.75 Å². The first-order valence-electron chi connectivity index (χ1n) is 6.63. The van der Waals surface area contributed by atoms with Gasteiger partial charge in [0.1, 0.15) is 4.90 Å². The lowest BCUT2D eigenvalue weighted by Crippen LogP contribution is -2.42. The molecule has 1 fully saturated rings. The second kappa shape index (κ2) is 8.17. The van der Waals surface area contributed by atoms with Crippen molar-refractivity contribution in [3.63, 3.8) is 0 Å². The molecule has 2 rings (SSSR count). The lowest BCUT2D eigenvalue weighted by atomic mass is 10.0. The van der Waals surface area contributed by atoms with Crippen molar-refractivity contribution in [2.45, 2.75) is 17.7 Å². The first-order valence-corrected chi connectivity index (χ1v) is 9.24. The van der Waals surface area contributed by atoms with Crippen molar-refractivity contribution >= 4 is 50.0 Å². The van der Waals surface area contributed by atoms with Gasteiger partial charge in [-0.25, -0.2) is 8.42 Å². The van der Waals surface area contributed by atoms with Crippen LogP contribution in [0.5, 0.6) is 5.75 Å². The van der Waals surface area contributed by atoms with E-state index >= 15 is 0 Å². The van der Waals surface area contributed by atoms with E-state index in [0.717, 1.165) is 12.8 Å². The molecule has 126 valence electrons. The highest BCUT2D eigenvalue weighted by Crippen LogP contribution is 2.37. The summed E-state index contributed by atoms with van der Waals surface area (Å²) in [5.41, 5.74) is 5.68. The molecule has 1 atom stereocenters. The van der Waals surface area contributed by atoms with Crippen molar-refractivity contribution in [1.29, 1.82) is 0 Å². The number of ether oxygens (including phenoxy) is 1. The highest BCUT2D eigenvalue weighted by Gasteiger charge is 2.32. The summed E-state index contributed by atoms with van der Waals surface area (Å²) in [5, 5.41) is 0.341. The van der Waals surface area contributed by atoms with Gasteiger partial charge in [-0.15, -0.1) is 12.4 Å². The highest BCUT2D eigenvalue weighted by molar-refractivity contribution is 9.10. The summed E-state index contributed by atoms with van der Waals surface area (Å²) in [7, 11) is -2.22. The summed E-state index contributed by atoms with van der Waals surface area (Å²) in [6.07, 6.45) is 1.77. The Labute approximate surface area is 150 Å². The van der Waals surface area contributed by atoms with Gasteiger partial charge in [0.2, 0.25) is 10.0 Å². The lowest BCUT2D eigenvalue weighted by molar-refractivity contribution is 0.270. The predicted octanol–water partition coefficient (Wildman–Crippen LogP) is 2.89. The maximum absolute atomic E-state index is 12.9. The van der Waals surface area contributed by atoms with Gasteiger partial charge in [-0.2, -0.15) is 4.31 Å². The quantitative estimate of drug-likeness (QED) is 0.792. The second-order valence-electron chi connectivity index (χ2n) is 5.03. The number of hydrogen-bond acceptors (Lipinski definition) is 4. The summed E-state index contributed by atoms with van der Waals surface area (Å²) in [5.74, 6) is 0.469. The van der Waals surface area contributed by atoms with Gasteiger partial charge in [-0.3, -0.25) is 0 Å². The van der Waals surface area contributed by atoms with Crippen LogP contribution in [0.1, 0.15) is 12.8 Å². The first-order chi connectivity index (χ1) is 9.90. The van der Waals surface area contributed by atoms with Crippen LogP contribution in [0.15, 0.2) is 21.5 Å². The summed E-state index contributed by atoms with van der Waals surface area (Å²) < 4.78 is 32.9. The molecule has 1 aliphatic heterocycles. The summed E-state index contributed by atoms with van der Waals surface area (Å²) in [6, 6.07) is 3.03. The fourth-order valence-electron chi connectivity index (χ4n) is 2.50. The van der Waals surface area contributed by atoms with E-state index < -0.39 is 10.0 Å². The molecule has 1 aromatic rings. The van der Waals surface area contributed by atoms with Crippen LogP contribution >= 0.6 is 39.9 Å². The standard InChI is InChI=1S/C13H18BrClN2O3S.ClH/c1-20-13-11(14)5-10(15)6-12(13)21(18,19)17-4-2-3-9(7-16)8-17;/h5-6,9H,2-4,7-8,16H2,1H3;1H. The van der Waals surface area contributed by atoms with Crippen LogP contribution in [0.3, 0.4) is 0 Å². The third-order valence-corrected chi connectivity index (χ3v) is 6.29. The van der Waals surface area contributed by atoms with E-state index in [1.165, 1.54) is 17.5 Å².